The molecule has 1 aromatic heterocycles. The Labute approximate surface area is 109 Å². The molecule has 2 aromatic rings. The zero-order valence-electron chi connectivity index (χ0n) is 10.6. The van der Waals surface area contributed by atoms with Crippen molar-refractivity contribution >= 4 is 5.82 Å². The van der Waals surface area contributed by atoms with E-state index in [0.717, 1.165) is 0 Å². The molecule has 0 aliphatic carbocycles. The maximum atomic E-state index is 13.6. The molecule has 100 valence electrons. The number of aromatic nitrogens is 2. The predicted octanol–water partition coefficient (Wildman–Crippen LogP) is 2.09. The van der Waals surface area contributed by atoms with E-state index >= 15 is 0 Å². The van der Waals surface area contributed by atoms with Crippen LogP contribution in [0.5, 0.6) is 5.75 Å². The Morgan fingerprint density at radius 2 is 2.16 bits per heavy atom. The summed E-state index contributed by atoms with van der Waals surface area (Å²) in [5.41, 5.74) is 0.104. The molecule has 0 saturated heterocycles. The molecular formula is C13H14FN3O2. The van der Waals surface area contributed by atoms with Crippen LogP contribution in [0.3, 0.4) is 0 Å². The van der Waals surface area contributed by atoms with E-state index in [-0.39, 0.29) is 29.0 Å². The summed E-state index contributed by atoms with van der Waals surface area (Å²) in [7, 11) is 1.38. The lowest BCUT2D eigenvalue weighted by Crippen LogP contribution is -2.16. The third kappa shape index (κ3) is 2.73. The zero-order valence-corrected chi connectivity index (χ0v) is 10.6. The van der Waals surface area contributed by atoms with Crippen molar-refractivity contribution in [2.24, 2.45) is 0 Å². The van der Waals surface area contributed by atoms with Gasteiger partial charge in [-0.05, 0) is 13.0 Å². The number of halogens is 1. The van der Waals surface area contributed by atoms with E-state index in [1.54, 1.807) is 25.1 Å². The first-order valence-electron chi connectivity index (χ1n) is 5.76. The first-order chi connectivity index (χ1) is 9.13. The van der Waals surface area contributed by atoms with Gasteiger partial charge in [-0.3, -0.25) is 4.79 Å². The number of aromatic amines is 1. The van der Waals surface area contributed by atoms with E-state index in [4.69, 9.17) is 4.74 Å². The number of anilines is 1. The molecule has 1 heterocycles. The van der Waals surface area contributed by atoms with Crippen LogP contribution in [0.25, 0.3) is 0 Å². The normalized spacial score (nSPS) is 11.9. The van der Waals surface area contributed by atoms with E-state index < -0.39 is 0 Å². The molecule has 1 unspecified atom stereocenters. The standard InChI is InChI=1S/C13H14FN3O2/c1-8(9-5-3-4-6-10(9)14)17-12-11(19-2)13(18)16-7-15-12/h3-8H,1-2H3,(H2,15,16,17,18). The fourth-order valence-corrected chi connectivity index (χ4v) is 1.79. The molecule has 1 atom stereocenters. The van der Waals surface area contributed by atoms with Crippen molar-refractivity contribution in [3.8, 4) is 5.75 Å². The topological polar surface area (TPSA) is 67.0 Å². The van der Waals surface area contributed by atoms with Gasteiger partial charge in [-0.15, -0.1) is 0 Å². The average Bonchev–Trinajstić information content (AvgIpc) is 2.39. The summed E-state index contributed by atoms with van der Waals surface area (Å²) in [5, 5.41) is 2.96. The van der Waals surface area contributed by atoms with Gasteiger partial charge in [-0.2, -0.15) is 0 Å². The van der Waals surface area contributed by atoms with Gasteiger partial charge in [0.15, 0.2) is 5.82 Å². The lowest BCUT2D eigenvalue weighted by Gasteiger charge is -2.16. The zero-order chi connectivity index (χ0) is 13.8. The van der Waals surface area contributed by atoms with Gasteiger partial charge < -0.3 is 15.0 Å². The molecule has 5 nitrogen and oxygen atoms in total. The summed E-state index contributed by atoms with van der Waals surface area (Å²) in [6, 6.07) is 6.09. The van der Waals surface area contributed by atoms with Crippen LogP contribution in [-0.2, 0) is 0 Å². The van der Waals surface area contributed by atoms with Gasteiger partial charge >= 0.3 is 0 Å². The van der Waals surface area contributed by atoms with Gasteiger partial charge in [0.25, 0.3) is 5.56 Å². The summed E-state index contributed by atoms with van der Waals surface area (Å²) in [4.78, 5) is 17.9. The van der Waals surface area contributed by atoms with Gasteiger partial charge in [0.2, 0.25) is 5.75 Å². The van der Waals surface area contributed by atoms with Gasteiger partial charge in [0.05, 0.1) is 19.5 Å². The lowest BCUT2D eigenvalue weighted by atomic mass is 10.1. The van der Waals surface area contributed by atoms with Crippen LogP contribution >= 0.6 is 0 Å². The van der Waals surface area contributed by atoms with Gasteiger partial charge in [-0.25, -0.2) is 9.37 Å². The van der Waals surface area contributed by atoms with Crippen LogP contribution in [0.2, 0.25) is 0 Å². The number of nitrogens with zero attached hydrogens (tertiary/aromatic N) is 1. The van der Waals surface area contributed by atoms with Crippen LogP contribution in [0, 0.1) is 5.82 Å². The van der Waals surface area contributed by atoms with E-state index in [2.05, 4.69) is 15.3 Å². The van der Waals surface area contributed by atoms with E-state index in [1.165, 1.54) is 19.5 Å². The monoisotopic (exact) mass is 263 g/mol. The molecule has 6 heteroatoms. The lowest BCUT2D eigenvalue weighted by molar-refractivity contribution is 0.407. The van der Waals surface area contributed by atoms with Crippen molar-refractivity contribution in [1.82, 2.24) is 9.97 Å². The Hall–Kier alpha value is -2.37. The molecule has 19 heavy (non-hydrogen) atoms. The third-order valence-corrected chi connectivity index (χ3v) is 2.74. The van der Waals surface area contributed by atoms with Crippen molar-refractivity contribution < 1.29 is 9.13 Å². The van der Waals surface area contributed by atoms with Crippen molar-refractivity contribution in [3.05, 3.63) is 52.3 Å². The highest BCUT2D eigenvalue weighted by atomic mass is 19.1. The maximum absolute atomic E-state index is 13.6. The van der Waals surface area contributed by atoms with Crippen molar-refractivity contribution in [3.63, 3.8) is 0 Å². The maximum Gasteiger partial charge on any atom is 0.295 e. The number of methoxy groups -OCH3 is 1. The molecule has 0 spiro atoms. The SMILES string of the molecule is COc1c(NC(C)c2ccccc2F)nc[nH]c1=O. The first-order valence-corrected chi connectivity index (χ1v) is 5.76. The molecule has 0 fully saturated rings. The second-order valence-corrected chi connectivity index (χ2v) is 4.00. The summed E-state index contributed by atoms with van der Waals surface area (Å²) in [5.74, 6) is 0.0407. The highest BCUT2D eigenvalue weighted by Gasteiger charge is 2.14. The molecule has 0 aliphatic heterocycles. The van der Waals surface area contributed by atoms with Gasteiger partial charge in [0, 0.05) is 5.56 Å². The van der Waals surface area contributed by atoms with Crippen molar-refractivity contribution in [2.75, 3.05) is 12.4 Å². The predicted molar refractivity (Wildman–Crippen MR) is 69.8 cm³/mol. The third-order valence-electron chi connectivity index (χ3n) is 2.74. The Balaban J connectivity index is 2.29. The average molecular weight is 263 g/mol. The number of rotatable bonds is 4. The summed E-state index contributed by atoms with van der Waals surface area (Å²) in [6.07, 6.45) is 1.27. The molecule has 2 N–H and O–H groups in total. The van der Waals surface area contributed by atoms with Crippen LogP contribution in [0.1, 0.15) is 18.5 Å². The molecule has 2 rings (SSSR count). The van der Waals surface area contributed by atoms with E-state index in [1.807, 2.05) is 0 Å². The molecular weight excluding hydrogens is 249 g/mol. The summed E-state index contributed by atoms with van der Waals surface area (Å²) in [6.45, 7) is 1.78. The largest absolute Gasteiger partial charge is 0.489 e. The Morgan fingerprint density at radius 3 is 2.84 bits per heavy atom. The number of hydrogen-bond acceptors (Lipinski definition) is 4. The molecule has 0 amide bonds. The van der Waals surface area contributed by atoms with Gasteiger partial charge in [-0.1, -0.05) is 18.2 Å². The molecule has 1 aromatic carbocycles. The number of H-pyrrole nitrogens is 1. The summed E-state index contributed by atoms with van der Waals surface area (Å²) < 4.78 is 18.6. The van der Waals surface area contributed by atoms with E-state index in [9.17, 15) is 9.18 Å². The molecule has 0 radical (unpaired) electrons. The van der Waals surface area contributed by atoms with Crippen LogP contribution in [0.15, 0.2) is 35.4 Å². The summed E-state index contributed by atoms with van der Waals surface area (Å²) >= 11 is 0. The highest BCUT2D eigenvalue weighted by molar-refractivity contribution is 5.49. The smallest absolute Gasteiger partial charge is 0.295 e. The first kappa shape index (κ1) is 13.1. The molecule has 0 aliphatic rings. The molecule has 0 bridgehead atoms. The minimum atomic E-state index is -0.388. The second-order valence-electron chi connectivity index (χ2n) is 4.00. The van der Waals surface area contributed by atoms with Crippen LogP contribution in [-0.4, -0.2) is 17.1 Å². The van der Waals surface area contributed by atoms with Gasteiger partial charge in [0.1, 0.15) is 5.82 Å². The highest BCUT2D eigenvalue weighted by Crippen LogP contribution is 2.23. The Kier molecular flexibility index (Phi) is 3.79. The van der Waals surface area contributed by atoms with Crippen LogP contribution in [0.4, 0.5) is 10.2 Å². The quantitative estimate of drug-likeness (QED) is 0.886. The minimum Gasteiger partial charge on any atom is -0.489 e. The van der Waals surface area contributed by atoms with Crippen molar-refractivity contribution in [1.29, 1.82) is 0 Å². The van der Waals surface area contributed by atoms with Crippen molar-refractivity contribution in [2.45, 2.75) is 13.0 Å². The number of benzene rings is 1. The Morgan fingerprint density at radius 1 is 1.42 bits per heavy atom. The number of ether oxygens (including phenoxy) is 1. The molecule has 0 saturated carbocycles. The number of hydrogen-bond donors (Lipinski definition) is 2. The minimum absolute atomic E-state index is 0.0747. The fourth-order valence-electron chi connectivity index (χ4n) is 1.79. The fraction of sp³-hybridized carbons (Fsp3) is 0.231. The van der Waals surface area contributed by atoms with Crippen LogP contribution < -0.4 is 15.6 Å². The number of nitrogens with one attached hydrogen (secondary N) is 2. The van der Waals surface area contributed by atoms with E-state index in [0.29, 0.717) is 5.56 Å². The Bertz CT molecular complexity index is 627. The second kappa shape index (κ2) is 5.51.